The maximum Gasteiger partial charge on any atom is 0.203 e. The first kappa shape index (κ1) is 17.4. The fourth-order valence-electron chi connectivity index (χ4n) is 2.08. The zero-order chi connectivity index (χ0) is 16.9. The minimum absolute atomic E-state index is 0.0765. The molecule has 0 aliphatic carbocycles. The van der Waals surface area contributed by atoms with Gasteiger partial charge in [-0.15, -0.1) is 0 Å². The molecule has 0 spiro atoms. The van der Waals surface area contributed by atoms with Crippen LogP contribution < -0.4 is 11.1 Å². The predicted octanol–water partition coefficient (Wildman–Crippen LogP) is 1.94. The maximum atomic E-state index is 12.2. The monoisotopic (exact) mass is 352 g/mol. The molecule has 0 amide bonds. The van der Waals surface area contributed by atoms with Crippen LogP contribution in [0.25, 0.3) is 0 Å². The lowest BCUT2D eigenvalue weighted by atomic mass is 10.2. The van der Waals surface area contributed by atoms with Gasteiger partial charge in [0, 0.05) is 12.2 Å². The third-order valence-electron chi connectivity index (χ3n) is 3.30. The molecule has 1 unspecified atom stereocenters. The Kier molecular flexibility index (Phi) is 5.73. The topological polar surface area (TPSA) is 101 Å². The van der Waals surface area contributed by atoms with Crippen LogP contribution in [-0.4, -0.2) is 31.2 Å². The summed E-state index contributed by atoms with van der Waals surface area (Å²) >= 11 is 1.62. The fourth-order valence-corrected chi connectivity index (χ4v) is 3.88. The summed E-state index contributed by atoms with van der Waals surface area (Å²) in [4.78, 5) is 7.55. The highest BCUT2D eigenvalue weighted by Gasteiger charge is 2.16. The van der Waals surface area contributed by atoms with Crippen LogP contribution in [0.2, 0.25) is 0 Å². The van der Waals surface area contributed by atoms with Crippen LogP contribution >= 0.6 is 11.8 Å². The molecule has 0 bridgehead atoms. The number of aryl methyl sites for hydroxylation is 1. The zero-order valence-electron chi connectivity index (χ0n) is 13.0. The maximum absolute atomic E-state index is 12.2. The Morgan fingerprint density at radius 2 is 2.13 bits per heavy atom. The van der Waals surface area contributed by atoms with Gasteiger partial charge in [-0.2, -0.15) is 11.8 Å². The lowest BCUT2D eigenvalue weighted by Gasteiger charge is -2.15. The van der Waals surface area contributed by atoms with Gasteiger partial charge in [-0.3, -0.25) is 0 Å². The van der Waals surface area contributed by atoms with Gasteiger partial charge in [-0.1, -0.05) is 18.2 Å². The molecule has 0 aliphatic heterocycles. The van der Waals surface area contributed by atoms with Crippen LogP contribution in [0.4, 0.5) is 0 Å². The normalized spacial score (nSPS) is 13.7. The highest BCUT2D eigenvalue weighted by Crippen LogP contribution is 2.26. The van der Waals surface area contributed by atoms with Crippen molar-refractivity contribution < 1.29 is 8.42 Å². The Hall–Kier alpha value is -1.93. The number of aromatic nitrogens is 2. The Morgan fingerprint density at radius 1 is 1.43 bits per heavy atom. The average molecular weight is 352 g/mol. The van der Waals surface area contributed by atoms with Crippen molar-refractivity contribution in [3.05, 3.63) is 59.3 Å². The van der Waals surface area contributed by atoms with Gasteiger partial charge < -0.3 is 16.0 Å². The summed E-state index contributed by atoms with van der Waals surface area (Å²) in [5.41, 5.74) is 7.75. The molecule has 6 nitrogen and oxygen atoms in total. The summed E-state index contributed by atoms with van der Waals surface area (Å²) in [7, 11) is -3.55. The number of H-pyrrole nitrogens is 1. The lowest BCUT2D eigenvalue weighted by molar-refractivity contribution is 0.603. The van der Waals surface area contributed by atoms with E-state index in [0.717, 1.165) is 16.8 Å². The summed E-state index contributed by atoms with van der Waals surface area (Å²) in [6.45, 7) is 2.43. The molecule has 1 aromatic carbocycles. The molecule has 1 heterocycles. The van der Waals surface area contributed by atoms with Crippen molar-refractivity contribution >= 4 is 21.6 Å². The molecule has 0 fully saturated rings. The Bertz CT molecular complexity index is 770. The second-order valence-corrected chi connectivity index (χ2v) is 7.79. The van der Waals surface area contributed by atoms with Crippen molar-refractivity contribution in [3.8, 4) is 0 Å². The standard InChI is InChI=1S/C15H20N4O2S2/c1-11-15(19-10-18-11)13(22-2)8-17-14(16)9-23(20,21)12-6-4-3-5-7-12/h3-7,9-10,13,17H,8,16H2,1-2H3,(H,18,19). The highest BCUT2D eigenvalue weighted by molar-refractivity contribution is 7.98. The van der Waals surface area contributed by atoms with E-state index in [1.807, 2.05) is 13.2 Å². The number of hydrogen-bond acceptors (Lipinski definition) is 6. The molecule has 2 aromatic rings. The predicted molar refractivity (Wildman–Crippen MR) is 93.5 cm³/mol. The van der Waals surface area contributed by atoms with Crippen molar-refractivity contribution in [1.29, 1.82) is 0 Å². The van der Waals surface area contributed by atoms with Gasteiger partial charge in [0.25, 0.3) is 0 Å². The molecule has 0 saturated carbocycles. The molecule has 8 heteroatoms. The van der Waals surface area contributed by atoms with E-state index in [4.69, 9.17) is 5.73 Å². The molecule has 0 radical (unpaired) electrons. The van der Waals surface area contributed by atoms with Gasteiger partial charge in [-0.25, -0.2) is 13.4 Å². The van der Waals surface area contributed by atoms with Crippen molar-refractivity contribution in [3.63, 3.8) is 0 Å². The van der Waals surface area contributed by atoms with Gasteiger partial charge in [0.2, 0.25) is 9.84 Å². The Balaban J connectivity index is 2.06. The van der Waals surface area contributed by atoms with E-state index in [-0.39, 0.29) is 16.0 Å². The smallest absolute Gasteiger partial charge is 0.203 e. The van der Waals surface area contributed by atoms with Crippen molar-refractivity contribution in [2.75, 3.05) is 12.8 Å². The Morgan fingerprint density at radius 3 is 2.70 bits per heavy atom. The van der Waals surface area contributed by atoms with E-state index in [0.29, 0.717) is 6.54 Å². The first-order valence-corrected chi connectivity index (χ1v) is 9.81. The average Bonchev–Trinajstić information content (AvgIpc) is 2.95. The van der Waals surface area contributed by atoms with Crippen molar-refractivity contribution in [2.24, 2.45) is 5.73 Å². The van der Waals surface area contributed by atoms with E-state index >= 15 is 0 Å². The molecule has 1 atom stereocenters. The van der Waals surface area contributed by atoms with Crippen LogP contribution in [0.3, 0.4) is 0 Å². The van der Waals surface area contributed by atoms with Gasteiger partial charge in [0.15, 0.2) is 0 Å². The zero-order valence-corrected chi connectivity index (χ0v) is 14.6. The second kappa shape index (κ2) is 7.56. The van der Waals surface area contributed by atoms with Gasteiger partial charge in [-0.05, 0) is 25.3 Å². The largest absolute Gasteiger partial charge is 0.385 e. The minimum atomic E-state index is -3.55. The van der Waals surface area contributed by atoms with E-state index in [9.17, 15) is 8.42 Å². The number of rotatable bonds is 7. The SMILES string of the molecule is CSC(CNC(N)=CS(=O)(=O)c1ccccc1)c1nc[nH]c1C. The summed E-state index contributed by atoms with van der Waals surface area (Å²) < 4.78 is 24.4. The first-order valence-electron chi connectivity index (χ1n) is 6.98. The summed E-state index contributed by atoms with van der Waals surface area (Å²) in [6.07, 6.45) is 3.62. The molecule has 0 aliphatic rings. The van der Waals surface area contributed by atoms with E-state index < -0.39 is 9.84 Å². The molecule has 1 aromatic heterocycles. The highest BCUT2D eigenvalue weighted by atomic mass is 32.2. The van der Waals surface area contributed by atoms with E-state index in [2.05, 4.69) is 15.3 Å². The third-order valence-corrected chi connectivity index (χ3v) is 5.76. The molecule has 0 saturated heterocycles. The lowest BCUT2D eigenvalue weighted by Crippen LogP contribution is -2.25. The van der Waals surface area contributed by atoms with Crippen LogP contribution in [0.15, 0.2) is 52.8 Å². The van der Waals surface area contributed by atoms with Crippen LogP contribution in [0, 0.1) is 6.92 Å². The number of nitrogens with one attached hydrogen (secondary N) is 2. The van der Waals surface area contributed by atoms with E-state index in [1.54, 1.807) is 36.3 Å². The molecular formula is C15H20N4O2S2. The second-order valence-electron chi connectivity index (χ2n) is 4.95. The summed E-state index contributed by atoms with van der Waals surface area (Å²) in [5.74, 6) is 0.112. The number of sulfone groups is 1. The third kappa shape index (κ3) is 4.52. The Labute approximate surface area is 140 Å². The van der Waals surface area contributed by atoms with Gasteiger partial charge in [0.1, 0.15) is 5.82 Å². The summed E-state index contributed by atoms with van der Waals surface area (Å²) in [5, 5.41) is 4.09. The quantitative estimate of drug-likeness (QED) is 0.704. The fraction of sp³-hybridized carbons (Fsp3) is 0.267. The van der Waals surface area contributed by atoms with Gasteiger partial charge in [0.05, 0.1) is 27.6 Å². The number of hydrogen-bond donors (Lipinski definition) is 3. The molecule has 23 heavy (non-hydrogen) atoms. The van der Waals surface area contributed by atoms with Crippen LogP contribution in [0.5, 0.6) is 0 Å². The number of benzene rings is 1. The molecular weight excluding hydrogens is 332 g/mol. The summed E-state index contributed by atoms with van der Waals surface area (Å²) in [6, 6.07) is 8.19. The number of nitrogens with two attached hydrogens (primary N) is 1. The number of imidazole rings is 1. The van der Waals surface area contributed by atoms with Crippen LogP contribution in [0.1, 0.15) is 16.6 Å². The molecule has 124 valence electrons. The van der Waals surface area contributed by atoms with Crippen LogP contribution in [-0.2, 0) is 9.84 Å². The van der Waals surface area contributed by atoms with Gasteiger partial charge >= 0.3 is 0 Å². The first-order chi connectivity index (χ1) is 10.9. The van der Waals surface area contributed by atoms with Crippen molar-refractivity contribution in [1.82, 2.24) is 15.3 Å². The van der Waals surface area contributed by atoms with Crippen molar-refractivity contribution in [2.45, 2.75) is 17.1 Å². The molecule has 2 rings (SSSR count). The number of thioether (sulfide) groups is 1. The molecule has 4 N–H and O–H groups in total. The minimum Gasteiger partial charge on any atom is -0.385 e. The number of nitrogens with zero attached hydrogens (tertiary/aromatic N) is 1. The number of aromatic amines is 1. The van der Waals surface area contributed by atoms with E-state index in [1.165, 1.54) is 12.1 Å².